The van der Waals surface area contributed by atoms with Crippen LogP contribution < -0.4 is 4.74 Å². The largest absolute Gasteiger partial charge is 0.489 e. The Labute approximate surface area is 220 Å². The first-order valence-electron chi connectivity index (χ1n) is 12.6. The molecule has 2 aliphatic heterocycles. The summed E-state index contributed by atoms with van der Waals surface area (Å²) in [6.45, 7) is 4.85. The van der Waals surface area contributed by atoms with Crippen molar-refractivity contribution in [2.45, 2.75) is 30.3 Å². The van der Waals surface area contributed by atoms with Gasteiger partial charge in [0.2, 0.25) is 0 Å². The van der Waals surface area contributed by atoms with E-state index in [1.165, 1.54) is 0 Å². The van der Waals surface area contributed by atoms with Gasteiger partial charge in [-0.05, 0) is 49.0 Å². The van der Waals surface area contributed by atoms with Gasteiger partial charge in [-0.2, -0.15) is 5.26 Å². The zero-order chi connectivity index (χ0) is 25.6. The second kappa shape index (κ2) is 11.9. The molecule has 2 saturated heterocycles. The second-order valence-corrected chi connectivity index (χ2v) is 10.9. The highest BCUT2D eigenvalue weighted by Crippen LogP contribution is 2.28. The molecule has 0 spiro atoms. The molecular weight excluding hydrogens is 486 g/mol. The number of nitrogens with zero attached hydrogens (tertiary/aromatic N) is 5. The number of benzene rings is 2. The van der Waals surface area contributed by atoms with Crippen LogP contribution >= 0.6 is 0 Å². The molecule has 5 rings (SSSR count). The average Bonchev–Trinajstić information content (AvgIpc) is 2.94. The average molecular weight is 518 g/mol. The van der Waals surface area contributed by atoms with E-state index in [9.17, 15) is 9.47 Å². The third-order valence-electron chi connectivity index (χ3n) is 6.75. The molecule has 8 nitrogen and oxygen atoms in total. The summed E-state index contributed by atoms with van der Waals surface area (Å²) in [5.74, 6) is 1.29. The molecule has 0 N–H and O–H groups in total. The topological polar surface area (TPSA) is 91.6 Å². The van der Waals surface area contributed by atoms with Crippen LogP contribution in [0.5, 0.6) is 5.75 Å². The smallest absolute Gasteiger partial charge is 0.137 e. The number of aromatic nitrogens is 2. The zero-order valence-corrected chi connectivity index (χ0v) is 21.8. The highest BCUT2D eigenvalue weighted by Gasteiger charge is 2.20. The summed E-state index contributed by atoms with van der Waals surface area (Å²) in [6.07, 6.45) is 4.03. The lowest BCUT2D eigenvalue weighted by Crippen LogP contribution is -2.45. The van der Waals surface area contributed by atoms with Crippen LogP contribution in [0.15, 0.2) is 59.6 Å². The first kappa shape index (κ1) is 25.5. The van der Waals surface area contributed by atoms with E-state index in [0.717, 1.165) is 60.7 Å². The van der Waals surface area contributed by atoms with E-state index in [2.05, 4.69) is 23.0 Å². The predicted molar refractivity (Wildman–Crippen MR) is 141 cm³/mol. The Morgan fingerprint density at radius 3 is 2.57 bits per heavy atom. The van der Waals surface area contributed by atoms with Gasteiger partial charge in [0.15, 0.2) is 0 Å². The Morgan fingerprint density at radius 1 is 1.08 bits per heavy atom. The molecule has 2 aromatic carbocycles. The van der Waals surface area contributed by atoms with Crippen LogP contribution in [-0.4, -0.2) is 75.9 Å². The third kappa shape index (κ3) is 6.40. The molecule has 3 aromatic rings. The van der Waals surface area contributed by atoms with Crippen molar-refractivity contribution < 1.29 is 13.7 Å². The van der Waals surface area contributed by atoms with Crippen LogP contribution in [0.2, 0.25) is 0 Å². The van der Waals surface area contributed by atoms with Gasteiger partial charge in [0.1, 0.15) is 34.7 Å². The van der Waals surface area contributed by atoms with Crippen molar-refractivity contribution in [1.82, 2.24) is 19.2 Å². The Bertz CT molecular complexity index is 1280. The molecule has 2 aliphatic rings. The SMILES string of the molecule is CN1CCN(S(=O)c2ccc(Cc3nccc(-c4ccc(OC5CCOCC5)c(C#N)c4)n3)cc2)CC1. The van der Waals surface area contributed by atoms with E-state index in [0.29, 0.717) is 36.8 Å². The monoisotopic (exact) mass is 517 g/mol. The van der Waals surface area contributed by atoms with Gasteiger partial charge >= 0.3 is 0 Å². The number of rotatable bonds is 7. The summed E-state index contributed by atoms with van der Waals surface area (Å²) < 4.78 is 26.4. The molecule has 1 unspecified atom stereocenters. The van der Waals surface area contributed by atoms with Crippen LogP contribution in [0.3, 0.4) is 0 Å². The molecule has 0 saturated carbocycles. The van der Waals surface area contributed by atoms with Crippen molar-refractivity contribution in [2.24, 2.45) is 0 Å². The molecular formula is C28H31N5O3S. The van der Waals surface area contributed by atoms with E-state index in [4.69, 9.17) is 14.5 Å². The molecule has 192 valence electrons. The summed E-state index contributed by atoms with van der Waals surface area (Å²) in [7, 11) is 0.946. The molecule has 2 fully saturated rings. The van der Waals surface area contributed by atoms with Crippen LogP contribution in [0.4, 0.5) is 0 Å². The van der Waals surface area contributed by atoms with Crippen molar-refractivity contribution in [3.63, 3.8) is 0 Å². The molecule has 1 atom stereocenters. The number of nitriles is 1. The number of piperazine rings is 1. The first-order chi connectivity index (χ1) is 18.1. The molecule has 37 heavy (non-hydrogen) atoms. The van der Waals surface area contributed by atoms with Crippen molar-refractivity contribution in [3.05, 3.63) is 71.7 Å². The van der Waals surface area contributed by atoms with Crippen molar-refractivity contribution >= 4 is 11.0 Å². The quantitative estimate of drug-likeness (QED) is 0.474. The molecule has 9 heteroatoms. The number of hydrogen-bond donors (Lipinski definition) is 0. The molecule has 0 aliphatic carbocycles. The fourth-order valence-corrected chi connectivity index (χ4v) is 5.67. The van der Waals surface area contributed by atoms with Crippen molar-refractivity contribution in [3.8, 4) is 23.1 Å². The predicted octanol–water partition coefficient (Wildman–Crippen LogP) is 3.43. The van der Waals surface area contributed by atoms with Gasteiger partial charge in [-0.3, -0.25) is 0 Å². The Balaban J connectivity index is 1.26. The van der Waals surface area contributed by atoms with E-state index >= 15 is 0 Å². The van der Waals surface area contributed by atoms with E-state index in [1.807, 2.05) is 52.8 Å². The van der Waals surface area contributed by atoms with Crippen LogP contribution in [-0.2, 0) is 22.1 Å². The molecule has 3 heterocycles. The highest BCUT2D eigenvalue weighted by molar-refractivity contribution is 7.82. The normalized spacial score (nSPS) is 18.3. The zero-order valence-electron chi connectivity index (χ0n) is 21.0. The van der Waals surface area contributed by atoms with Gasteiger partial charge in [-0.15, -0.1) is 0 Å². The van der Waals surface area contributed by atoms with Gasteiger partial charge in [0.05, 0.1) is 29.4 Å². The number of ether oxygens (including phenoxy) is 2. The maximum atomic E-state index is 12.9. The van der Waals surface area contributed by atoms with E-state index in [-0.39, 0.29) is 6.10 Å². The summed E-state index contributed by atoms with van der Waals surface area (Å²) in [5.41, 5.74) is 3.15. The maximum absolute atomic E-state index is 12.9. The molecule has 0 radical (unpaired) electrons. The summed E-state index contributed by atoms with van der Waals surface area (Å²) in [4.78, 5) is 12.3. The second-order valence-electron chi connectivity index (χ2n) is 9.41. The first-order valence-corrected chi connectivity index (χ1v) is 13.7. The lowest BCUT2D eigenvalue weighted by molar-refractivity contribution is 0.0254. The van der Waals surface area contributed by atoms with Gasteiger partial charge in [0, 0.05) is 57.2 Å². The Morgan fingerprint density at radius 2 is 1.84 bits per heavy atom. The Kier molecular flexibility index (Phi) is 8.21. The Hall–Kier alpha value is -3.16. The fourth-order valence-electron chi connectivity index (χ4n) is 4.51. The van der Waals surface area contributed by atoms with Gasteiger partial charge in [0.25, 0.3) is 0 Å². The number of hydrogen-bond acceptors (Lipinski definition) is 7. The minimum absolute atomic E-state index is 0.0720. The standard InChI is InChI=1S/C28H31N5O3S/c1-32-12-14-33(15-13-32)37(34)25-5-2-21(3-6-25)18-28-30-11-8-26(31-28)22-4-7-27(23(19-22)20-29)36-24-9-16-35-17-10-24/h2-8,11,19,24H,9-10,12-18H2,1H3. The highest BCUT2D eigenvalue weighted by atomic mass is 32.2. The minimum atomic E-state index is -1.14. The van der Waals surface area contributed by atoms with Crippen LogP contribution in [0, 0.1) is 11.3 Å². The van der Waals surface area contributed by atoms with Crippen molar-refractivity contribution in [1.29, 1.82) is 5.26 Å². The van der Waals surface area contributed by atoms with E-state index < -0.39 is 11.0 Å². The van der Waals surface area contributed by atoms with Crippen LogP contribution in [0.1, 0.15) is 29.8 Å². The number of likely N-dealkylation sites (N-methyl/N-ethyl adjacent to an activating group) is 1. The lowest BCUT2D eigenvalue weighted by Gasteiger charge is -2.31. The van der Waals surface area contributed by atoms with Crippen LogP contribution in [0.25, 0.3) is 11.3 Å². The van der Waals surface area contributed by atoms with Gasteiger partial charge in [-0.25, -0.2) is 18.5 Å². The molecule has 0 bridgehead atoms. The third-order valence-corrected chi connectivity index (χ3v) is 8.26. The summed E-state index contributed by atoms with van der Waals surface area (Å²) in [5, 5.41) is 9.71. The summed E-state index contributed by atoms with van der Waals surface area (Å²) in [6, 6.07) is 17.6. The summed E-state index contributed by atoms with van der Waals surface area (Å²) >= 11 is 0. The molecule has 1 aromatic heterocycles. The van der Waals surface area contributed by atoms with E-state index in [1.54, 1.807) is 6.20 Å². The minimum Gasteiger partial charge on any atom is -0.489 e. The maximum Gasteiger partial charge on any atom is 0.137 e. The van der Waals surface area contributed by atoms with Crippen molar-refractivity contribution in [2.75, 3.05) is 46.4 Å². The van der Waals surface area contributed by atoms with Gasteiger partial charge in [-0.1, -0.05) is 12.1 Å². The van der Waals surface area contributed by atoms with Gasteiger partial charge < -0.3 is 14.4 Å². The lowest BCUT2D eigenvalue weighted by atomic mass is 10.1. The molecule has 0 amide bonds. The fraction of sp³-hybridized carbons (Fsp3) is 0.393.